The van der Waals surface area contributed by atoms with E-state index in [0.29, 0.717) is 0 Å². The molecule has 1 heterocycles. The molecule has 3 heteroatoms. The zero-order valence-electron chi connectivity index (χ0n) is 6.46. The number of hydrogen-bond donors (Lipinski definition) is 0. The second-order valence-electron chi connectivity index (χ2n) is 2.54. The topological polar surface area (TPSA) is 12.4 Å². The van der Waals surface area contributed by atoms with E-state index in [2.05, 4.69) is 45.2 Å². The molecule has 1 aromatic carbocycles. The van der Waals surface area contributed by atoms with Gasteiger partial charge in [0.15, 0.2) is 0 Å². The Morgan fingerprint density at radius 1 is 1.25 bits per heavy atom. The van der Waals surface area contributed by atoms with Crippen LogP contribution in [0.25, 0.3) is 0 Å². The van der Waals surface area contributed by atoms with Crippen LogP contribution >= 0.6 is 27.7 Å². The fourth-order valence-corrected chi connectivity index (χ4v) is 2.23. The molecule has 0 spiro atoms. The minimum Gasteiger partial charge on any atom is -0.277 e. The fourth-order valence-electron chi connectivity index (χ4n) is 1.10. The van der Waals surface area contributed by atoms with Crippen LogP contribution in [0.15, 0.2) is 33.7 Å². The maximum Gasteiger partial charge on any atom is 0.0977 e. The third-order valence-electron chi connectivity index (χ3n) is 1.68. The number of hydrogen-bond acceptors (Lipinski definition) is 2. The average Bonchev–Trinajstić information content (AvgIpc) is 2.58. The van der Waals surface area contributed by atoms with Crippen molar-refractivity contribution in [3.63, 3.8) is 0 Å². The van der Waals surface area contributed by atoms with Crippen molar-refractivity contribution in [2.45, 2.75) is 0 Å². The highest BCUT2D eigenvalue weighted by atomic mass is 79.9. The summed E-state index contributed by atoms with van der Waals surface area (Å²) in [5, 5.41) is 1.18. The van der Waals surface area contributed by atoms with E-state index in [1.807, 2.05) is 11.8 Å². The summed E-state index contributed by atoms with van der Waals surface area (Å²) in [6, 6.07) is 8.30. The van der Waals surface area contributed by atoms with E-state index in [9.17, 15) is 0 Å². The van der Waals surface area contributed by atoms with Gasteiger partial charge in [0.05, 0.1) is 5.04 Å². The van der Waals surface area contributed by atoms with E-state index in [1.54, 1.807) is 0 Å². The molecule has 0 aliphatic carbocycles. The molecule has 0 saturated carbocycles. The van der Waals surface area contributed by atoms with Crippen LogP contribution in [0, 0.1) is 0 Å². The Labute approximate surface area is 84.4 Å². The van der Waals surface area contributed by atoms with Gasteiger partial charge in [-0.05, 0) is 12.1 Å². The molecule has 1 nitrogen and oxygen atoms in total. The van der Waals surface area contributed by atoms with Crippen LogP contribution in [0.2, 0.25) is 0 Å². The fraction of sp³-hybridized carbons (Fsp3) is 0.222. The quantitative estimate of drug-likeness (QED) is 0.737. The first-order valence-corrected chi connectivity index (χ1v) is 5.57. The molecule has 0 unspecified atom stereocenters. The first kappa shape index (κ1) is 8.32. The highest BCUT2D eigenvalue weighted by Gasteiger charge is 2.08. The summed E-state index contributed by atoms with van der Waals surface area (Å²) in [5.74, 6) is 1.13. The van der Waals surface area contributed by atoms with Crippen LogP contribution in [0.1, 0.15) is 5.56 Å². The Bertz CT molecular complexity index is 305. The smallest absolute Gasteiger partial charge is 0.0977 e. The molecule has 0 fully saturated rings. The minimum atomic E-state index is 0.968. The van der Waals surface area contributed by atoms with Crippen molar-refractivity contribution in [3.05, 3.63) is 34.3 Å². The second-order valence-corrected chi connectivity index (χ2v) is 4.54. The van der Waals surface area contributed by atoms with Gasteiger partial charge in [-0.15, -0.1) is 11.8 Å². The molecule has 1 aliphatic heterocycles. The Hall–Kier alpha value is -0.280. The maximum absolute atomic E-state index is 4.40. The van der Waals surface area contributed by atoms with Gasteiger partial charge in [0.1, 0.15) is 0 Å². The van der Waals surface area contributed by atoms with Gasteiger partial charge < -0.3 is 0 Å². The SMILES string of the molecule is Brc1ccc(C2=NCCS2)cc1. The van der Waals surface area contributed by atoms with Crippen molar-refractivity contribution in [2.24, 2.45) is 4.99 Å². The summed E-state index contributed by atoms with van der Waals surface area (Å²) in [7, 11) is 0. The number of rotatable bonds is 1. The van der Waals surface area contributed by atoms with Gasteiger partial charge in [-0.1, -0.05) is 28.1 Å². The van der Waals surface area contributed by atoms with Crippen molar-refractivity contribution in [3.8, 4) is 0 Å². The third-order valence-corrected chi connectivity index (χ3v) is 3.23. The molecule has 2 rings (SSSR count). The summed E-state index contributed by atoms with van der Waals surface area (Å²) in [5.41, 5.74) is 1.24. The summed E-state index contributed by atoms with van der Waals surface area (Å²) in [6.07, 6.45) is 0. The number of thioether (sulfide) groups is 1. The standard InChI is InChI=1S/C9H8BrNS/c10-8-3-1-7(2-4-8)9-11-5-6-12-9/h1-4H,5-6H2. The first-order valence-electron chi connectivity index (χ1n) is 3.79. The number of halogens is 1. The predicted octanol–water partition coefficient (Wildman–Crippen LogP) is 2.94. The number of aliphatic imine (C=N–C) groups is 1. The molecule has 0 amide bonds. The van der Waals surface area contributed by atoms with Gasteiger partial charge >= 0.3 is 0 Å². The van der Waals surface area contributed by atoms with Gasteiger partial charge in [-0.2, -0.15) is 0 Å². The van der Waals surface area contributed by atoms with Crippen molar-refractivity contribution in [1.82, 2.24) is 0 Å². The predicted molar refractivity (Wildman–Crippen MR) is 58.0 cm³/mol. The Balaban J connectivity index is 2.28. The van der Waals surface area contributed by atoms with Gasteiger partial charge in [0, 0.05) is 22.3 Å². The van der Waals surface area contributed by atoms with E-state index < -0.39 is 0 Å². The summed E-state index contributed by atoms with van der Waals surface area (Å²) < 4.78 is 1.12. The summed E-state index contributed by atoms with van der Waals surface area (Å²) in [6.45, 7) is 0.968. The van der Waals surface area contributed by atoms with Crippen LogP contribution in [-0.2, 0) is 0 Å². The van der Waals surface area contributed by atoms with E-state index in [-0.39, 0.29) is 0 Å². The lowest BCUT2D eigenvalue weighted by atomic mass is 10.2. The molecule has 0 bridgehead atoms. The molecule has 12 heavy (non-hydrogen) atoms. The van der Waals surface area contributed by atoms with Crippen molar-refractivity contribution in [1.29, 1.82) is 0 Å². The summed E-state index contributed by atoms with van der Waals surface area (Å²) in [4.78, 5) is 4.40. The van der Waals surface area contributed by atoms with Crippen LogP contribution < -0.4 is 0 Å². The van der Waals surface area contributed by atoms with Crippen molar-refractivity contribution in [2.75, 3.05) is 12.3 Å². The molecule has 0 aromatic heterocycles. The van der Waals surface area contributed by atoms with Crippen LogP contribution in [0.4, 0.5) is 0 Å². The highest BCUT2D eigenvalue weighted by Crippen LogP contribution is 2.20. The first-order chi connectivity index (χ1) is 5.86. The van der Waals surface area contributed by atoms with Gasteiger partial charge in [0.2, 0.25) is 0 Å². The molecule has 0 radical (unpaired) electrons. The second kappa shape index (κ2) is 3.62. The Morgan fingerprint density at radius 3 is 2.58 bits per heavy atom. The number of nitrogens with zero attached hydrogens (tertiary/aromatic N) is 1. The van der Waals surface area contributed by atoms with E-state index in [4.69, 9.17) is 0 Å². The van der Waals surface area contributed by atoms with Crippen molar-refractivity contribution < 1.29 is 0 Å². The van der Waals surface area contributed by atoms with Crippen LogP contribution in [0.3, 0.4) is 0 Å². The molecule has 62 valence electrons. The van der Waals surface area contributed by atoms with Crippen molar-refractivity contribution >= 4 is 32.7 Å². The maximum atomic E-state index is 4.40. The van der Waals surface area contributed by atoms with E-state index in [1.165, 1.54) is 10.6 Å². The molecule has 1 aliphatic rings. The lowest BCUT2D eigenvalue weighted by molar-refractivity contribution is 1.17. The molecule has 0 saturated heterocycles. The monoisotopic (exact) mass is 241 g/mol. The molecular weight excluding hydrogens is 234 g/mol. The van der Waals surface area contributed by atoms with Gasteiger partial charge in [-0.3, -0.25) is 4.99 Å². The number of benzene rings is 1. The van der Waals surface area contributed by atoms with Crippen LogP contribution in [0.5, 0.6) is 0 Å². The third kappa shape index (κ3) is 1.72. The zero-order chi connectivity index (χ0) is 8.39. The molecule has 0 atom stereocenters. The van der Waals surface area contributed by atoms with E-state index in [0.717, 1.165) is 16.8 Å². The van der Waals surface area contributed by atoms with E-state index >= 15 is 0 Å². The van der Waals surface area contributed by atoms with Gasteiger partial charge in [0.25, 0.3) is 0 Å². The minimum absolute atomic E-state index is 0.968. The average molecular weight is 242 g/mol. The lowest BCUT2D eigenvalue weighted by Crippen LogP contribution is -1.89. The Morgan fingerprint density at radius 2 is 2.00 bits per heavy atom. The van der Waals surface area contributed by atoms with Gasteiger partial charge in [-0.25, -0.2) is 0 Å². The molecule has 1 aromatic rings. The largest absolute Gasteiger partial charge is 0.277 e. The normalized spacial score (nSPS) is 16.2. The lowest BCUT2D eigenvalue weighted by Gasteiger charge is -1.98. The highest BCUT2D eigenvalue weighted by molar-refractivity contribution is 9.10. The zero-order valence-corrected chi connectivity index (χ0v) is 8.86. The summed E-state index contributed by atoms with van der Waals surface area (Å²) >= 11 is 5.24. The molecular formula is C9H8BrNS. The van der Waals surface area contributed by atoms with Crippen LogP contribution in [-0.4, -0.2) is 17.3 Å². The molecule has 0 N–H and O–H groups in total. The Kier molecular flexibility index (Phi) is 2.51.